The van der Waals surface area contributed by atoms with Crippen molar-refractivity contribution in [3.05, 3.63) is 65.0 Å². The van der Waals surface area contributed by atoms with Gasteiger partial charge in [0.25, 0.3) is 0 Å². The summed E-state index contributed by atoms with van der Waals surface area (Å²) in [7, 11) is 0. The van der Waals surface area contributed by atoms with Gasteiger partial charge in [-0.25, -0.2) is 13.2 Å². The molecule has 0 bridgehead atoms. The lowest BCUT2D eigenvalue weighted by molar-refractivity contribution is -0.115. The second-order valence-corrected chi connectivity index (χ2v) is 4.20. The first-order valence-corrected chi connectivity index (χ1v) is 5.94. The Morgan fingerprint density at radius 1 is 1.05 bits per heavy atom. The topological polar surface area (TPSA) is 52.9 Å². The number of carbonyl (C=O) groups excluding carboxylic acids is 1. The average molecular weight is 290 g/mol. The van der Waals surface area contributed by atoms with Gasteiger partial charge in [0.15, 0.2) is 0 Å². The highest BCUT2D eigenvalue weighted by molar-refractivity contribution is 5.93. The van der Waals surface area contributed by atoms with Crippen molar-refractivity contribution >= 4 is 11.6 Å². The predicted octanol–water partition coefficient (Wildman–Crippen LogP) is 3.16. The van der Waals surface area contributed by atoms with Crippen molar-refractivity contribution in [1.29, 1.82) is 5.26 Å². The number of rotatable bonds is 3. The fourth-order valence-electron chi connectivity index (χ4n) is 1.80. The highest BCUT2D eigenvalue weighted by Crippen LogP contribution is 2.19. The molecule has 0 aromatic heterocycles. The second-order valence-electron chi connectivity index (χ2n) is 4.20. The van der Waals surface area contributed by atoms with Crippen molar-refractivity contribution in [2.24, 2.45) is 0 Å². The van der Waals surface area contributed by atoms with E-state index < -0.39 is 29.8 Å². The molecule has 3 nitrogen and oxygen atoms in total. The average Bonchev–Trinajstić information content (AvgIpc) is 2.43. The lowest BCUT2D eigenvalue weighted by Gasteiger charge is -2.08. The van der Waals surface area contributed by atoms with Crippen molar-refractivity contribution in [2.75, 3.05) is 5.32 Å². The molecule has 106 valence electrons. The number of carbonyl (C=O) groups is 1. The number of nitriles is 1. The largest absolute Gasteiger partial charge is 0.325 e. The van der Waals surface area contributed by atoms with Gasteiger partial charge in [0.05, 0.1) is 12.1 Å². The van der Waals surface area contributed by atoms with Crippen molar-refractivity contribution in [3.63, 3.8) is 0 Å². The van der Waals surface area contributed by atoms with Crippen molar-refractivity contribution in [1.82, 2.24) is 0 Å². The van der Waals surface area contributed by atoms with Crippen LogP contribution in [-0.2, 0) is 11.2 Å². The van der Waals surface area contributed by atoms with E-state index in [4.69, 9.17) is 5.26 Å². The molecule has 0 atom stereocenters. The lowest BCUT2D eigenvalue weighted by Crippen LogP contribution is -2.17. The SMILES string of the molecule is N#Cc1c(F)cccc1NC(=O)Cc1c(F)cccc1F. The molecule has 0 aliphatic rings. The number of anilines is 1. The standard InChI is InChI=1S/C15H9F3N2O/c16-11-3-1-4-12(17)9(11)7-15(21)20-14-6-2-5-13(18)10(14)8-19/h1-6H,7H2,(H,20,21). The van der Waals surface area contributed by atoms with Gasteiger partial charge in [-0.15, -0.1) is 0 Å². The molecule has 0 saturated carbocycles. The van der Waals surface area contributed by atoms with Crippen LogP contribution in [-0.4, -0.2) is 5.91 Å². The Morgan fingerprint density at radius 2 is 1.62 bits per heavy atom. The highest BCUT2D eigenvalue weighted by Gasteiger charge is 2.15. The molecule has 2 aromatic carbocycles. The van der Waals surface area contributed by atoms with Gasteiger partial charge in [-0.2, -0.15) is 5.26 Å². The van der Waals surface area contributed by atoms with Crippen LogP contribution in [0.15, 0.2) is 36.4 Å². The van der Waals surface area contributed by atoms with Gasteiger partial charge < -0.3 is 5.32 Å². The van der Waals surface area contributed by atoms with Crippen LogP contribution in [0.4, 0.5) is 18.9 Å². The first kappa shape index (κ1) is 14.6. The number of hydrogen-bond donors (Lipinski definition) is 1. The van der Waals surface area contributed by atoms with E-state index in [1.165, 1.54) is 18.2 Å². The fraction of sp³-hybridized carbons (Fsp3) is 0.0667. The summed E-state index contributed by atoms with van der Waals surface area (Å²) in [4.78, 5) is 11.8. The molecule has 0 radical (unpaired) electrons. The summed E-state index contributed by atoms with van der Waals surface area (Å²) < 4.78 is 40.2. The van der Waals surface area contributed by atoms with E-state index in [1.807, 2.05) is 0 Å². The first-order chi connectivity index (χ1) is 10.0. The summed E-state index contributed by atoms with van der Waals surface area (Å²) in [6.07, 6.45) is -0.556. The zero-order valence-corrected chi connectivity index (χ0v) is 10.7. The van der Waals surface area contributed by atoms with Crippen LogP contribution in [0.1, 0.15) is 11.1 Å². The number of nitrogens with zero attached hydrogens (tertiary/aromatic N) is 1. The van der Waals surface area contributed by atoms with E-state index in [0.717, 1.165) is 18.2 Å². The molecule has 0 heterocycles. The monoisotopic (exact) mass is 290 g/mol. The summed E-state index contributed by atoms with van der Waals surface area (Å²) in [6.45, 7) is 0. The molecule has 1 amide bonds. The minimum absolute atomic E-state index is 0.0424. The van der Waals surface area contributed by atoms with Crippen molar-refractivity contribution in [2.45, 2.75) is 6.42 Å². The van der Waals surface area contributed by atoms with Crippen LogP contribution in [0.5, 0.6) is 0 Å². The summed E-state index contributed by atoms with van der Waals surface area (Å²) in [5.41, 5.74) is -0.760. The summed E-state index contributed by atoms with van der Waals surface area (Å²) in [5, 5.41) is 11.1. The number of hydrogen-bond acceptors (Lipinski definition) is 2. The molecule has 0 aliphatic carbocycles. The molecular formula is C15H9F3N2O. The van der Waals surface area contributed by atoms with Gasteiger partial charge in [0, 0.05) is 5.56 Å². The molecule has 6 heteroatoms. The number of halogens is 3. The third-order valence-electron chi connectivity index (χ3n) is 2.80. The lowest BCUT2D eigenvalue weighted by atomic mass is 10.1. The maximum Gasteiger partial charge on any atom is 0.229 e. The van der Waals surface area contributed by atoms with Crippen LogP contribution in [0.2, 0.25) is 0 Å². The predicted molar refractivity (Wildman–Crippen MR) is 69.8 cm³/mol. The van der Waals surface area contributed by atoms with Crippen LogP contribution in [0.25, 0.3) is 0 Å². The Morgan fingerprint density at radius 3 is 2.24 bits per heavy atom. The smallest absolute Gasteiger partial charge is 0.229 e. The maximum absolute atomic E-state index is 13.4. The fourth-order valence-corrected chi connectivity index (χ4v) is 1.80. The molecule has 2 rings (SSSR count). The Labute approximate surface area is 118 Å². The molecule has 21 heavy (non-hydrogen) atoms. The molecule has 2 aromatic rings. The third-order valence-corrected chi connectivity index (χ3v) is 2.80. The Kier molecular flexibility index (Phi) is 4.24. The van der Waals surface area contributed by atoms with E-state index in [2.05, 4.69) is 5.32 Å². The van der Waals surface area contributed by atoms with Crippen LogP contribution in [0, 0.1) is 28.8 Å². The first-order valence-electron chi connectivity index (χ1n) is 5.94. The number of nitrogens with one attached hydrogen (secondary N) is 1. The third kappa shape index (κ3) is 3.20. The van der Waals surface area contributed by atoms with Crippen LogP contribution in [0.3, 0.4) is 0 Å². The molecule has 0 fully saturated rings. The zero-order chi connectivity index (χ0) is 15.4. The van der Waals surface area contributed by atoms with E-state index in [1.54, 1.807) is 6.07 Å². The Balaban J connectivity index is 2.21. The van der Waals surface area contributed by atoms with Crippen LogP contribution >= 0.6 is 0 Å². The van der Waals surface area contributed by atoms with E-state index in [-0.39, 0.29) is 16.8 Å². The van der Waals surface area contributed by atoms with E-state index in [0.29, 0.717) is 0 Å². The maximum atomic E-state index is 13.4. The summed E-state index contributed by atoms with van der Waals surface area (Å²) in [6, 6.07) is 8.60. The summed E-state index contributed by atoms with van der Waals surface area (Å²) >= 11 is 0. The van der Waals surface area contributed by atoms with Gasteiger partial charge in [-0.3, -0.25) is 4.79 Å². The summed E-state index contributed by atoms with van der Waals surface area (Å²) in [5.74, 6) is -3.22. The van der Waals surface area contributed by atoms with Gasteiger partial charge >= 0.3 is 0 Å². The normalized spacial score (nSPS) is 10.0. The molecule has 0 saturated heterocycles. The highest BCUT2D eigenvalue weighted by atomic mass is 19.1. The molecule has 1 N–H and O–H groups in total. The molecular weight excluding hydrogens is 281 g/mol. The van der Waals surface area contributed by atoms with Crippen molar-refractivity contribution < 1.29 is 18.0 Å². The quantitative estimate of drug-likeness (QED) is 0.944. The molecule has 0 unspecified atom stereocenters. The van der Waals surface area contributed by atoms with Gasteiger partial charge in [-0.1, -0.05) is 12.1 Å². The second kappa shape index (κ2) is 6.09. The van der Waals surface area contributed by atoms with Gasteiger partial charge in [0.1, 0.15) is 29.1 Å². The molecule has 0 aliphatic heterocycles. The van der Waals surface area contributed by atoms with Crippen molar-refractivity contribution in [3.8, 4) is 6.07 Å². The number of amides is 1. The van der Waals surface area contributed by atoms with Gasteiger partial charge in [-0.05, 0) is 24.3 Å². The number of benzene rings is 2. The van der Waals surface area contributed by atoms with Gasteiger partial charge in [0.2, 0.25) is 5.91 Å². The van der Waals surface area contributed by atoms with Crippen LogP contribution < -0.4 is 5.32 Å². The zero-order valence-electron chi connectivity index (χ0n) is 10.7. The Hall–Kier alpha value is -2.81. The minimum atomic E-state index is -0.843. The van der Waals surface area contributed by atoms with E-state index in [9.17, 15) is 18.0 Å². The minimum Gasteiger partial charge on any atom is -0.325 e. The Bertz CT molecular complexity index is 718. The van der Waals surface area contributed by atoms with E-state index >= 15 is 0 Å². The molecule has 0 spiro atoms.